The third-order valence-corrected chi connectivity index (χ3v) is 10.7. The Morgan fingerprint density at radius 1 is 0.429 bits per heavy atom. The highest BCUT2D eigenvalue weighted by Crippen LogP contribution is 2.17. The normalized spacial score (nSPS) is 13.5. The highest BCUT2D eigenvalue weighted by atomic mass is 16.3. The smallest absolute Gasteiger partial charge is 0.220 e. The first-order valence-corrected chi connectivity index (χ1v) is 22.3. The first kappa shape index (κ1) is 48.3. The fourth-order valence-corrected chi connectivity index (χ4v) is 7.22. The van der Waals surface area contributed by atoms with E-state index in [0.717, 1.165) is 38.5 Å². The van der Waals surface area contributed by atoms with Crippen LogP contribution in [-0.2, 0) is 4.79 Å². The van der Waals surface area contributed by atoms with Gasteiger partial charge in [-0.3, -0.25) is 4.79 Å². The van der Waals surface area contributed by atoms with E-state index in [2.05, 4.69) is 19.2 Å². The Kier molecular flexibility index (Phi) is 39.6. The second-order valence-corrected chi connectivity index (χ2v) is 15.6. The molecule has 5 heteroatoms. The molecule has 0 fully saturated rings. The molecule has 3 atom stereocenters. The van der Waals surface area contributed by atoms with Crippen LogP contribution >= 0.6 is 0 Å². The molecule has 0 rings (SSSR count). The molecule has 1 amide bonds. The maximum atomic E-state index is 12.4. The molecule has 0 saturated carbocycles. The van der Waals surface area contributed by atoms with Crippen molar-refractivity contribution >= 4 is 5.91 Å². The maximum absolute atomic E-state index is 12.4. The Bertz CT molecular complexity index is 644. The van der Waals surface area contributed by atoms with Gasteiger partial charge in [-0.25, -0.2) is 0 Å². The summed E-state index contributed by atoms with van der Waals surface area (Å²) < 4.78 is 0. The van der Waals surface area contributed by atoms with Gasteiger partial charge in [0, 0.05) is 6.42 Å². The van der Waals surface area contributed by atoms with Crippen molar-refractivity contribution in [2.75, 3.05) is 6.61 Å². The number of unbranched alkanes of at least 4 members (excludes halogenated alkanes) is 33. The topological polar surface area (TPSA) is 89.8 Å². The summed E-state index contributed by atoms with van der Waals surface area (Å²) in [6.45, 7) is 4.18. The Hall–Kier alpha value is -0.650. The number of aliphatic hydroxyl groups excluding tert-OH is 3. The SMILES string of the molecule is CCCCCCCCCCCCCCCCCCCCCCCCCCCC(=O)N[C@@H](CO)[C@H](O)[C@H](O)CCCCCCCCCCCC. The monoisotopic (exact) mass is 696 g/mol. The van der Waals surface area contributed by atoms with E-state index in [0.29, 0.717) is 12.8 Å². The molecule has 0 heterocycles. The minimum absolute atomic E-state index is 0.140. The number of carbonyl (C=O) groups excluding carboxylic acids is 1. The van der Waals surface area contributed by atoms with Crippen LogP contribution in [0.4, 0.5) is 0 Å². The zero-order valence-corrected chi connectivity index (χ0v) is 33.4. The molecule has 0 aromatic carbocycles. The fraction of sp³-hybridized carbons (Fsp3) is 0.977. The van der Waals surface area contributed by atoms with E-state index in [1.54, 1.807) is 0 Å². The minimum atomic E-state index is -1.13. The molecule has 0 saturated heterocycles. The summed E-state index contributed by atoms with van der Waals surface area (Å²) in [5.74, 6) is -0.140. The molecule has 0 spiro atoms. The van der Waals surface area contributed by atoms with Gasteiger partial charge in [0.1, 0.15) is 6.10 Å². The van der Waals surface area contributed by atoms with Crippen molar-refractivity contribution in [3.8, 4) is 0 Å². The Morgan fingerprint density at radius 3 is 0.980 bits per heavy atom. The molecule has 0 unspecified atom stereocenters. The number of nitrogens with one attached hydrogen (secondary N) is 1. The quantitative estimate of drug-likeness (QED) is 0.0479. The lowest BCUT2D eigenvalue weighted by Crippen LogP contribution is -2.50. The van der Waals surface area contributed by atoms with Crippen molar-refractivity contribution in [1.29, 1.82) is 0 Å². The molecular formula is C44H89NO4. The Morgan fingerprint density at radius 2 is 0.694 bits per heavy atom. The van der Waals surface area contributed by atoms with Gasteiger partial charge in [-0.05, 0) is 12.8 Å². The number of hydrogen-bond donors (Lipinski definition) is 4. The first-order valence-electron chi connectivity index (χ1n) is 22.3. The molecule has 0 aliphatic heterocycles. The van der Waals surface area contributed by atoms with E-state index >= 15 is 0 Å². The fourth-order valence-electron chi connectivity index (χ4n) is 7.22. The summed E-state index contributed by atoms with van der Waals surface area (Å²) >= 11 is 0. The first-order chi connectivity index (χ1) is 24.1. The molecule has 0 aromatic rings. The van der Waals surface area contributed by atoms with Crippen LogP contribution in [0, 0.1) is 0 Å². The molecular weight excluding hydrogens is 606 g/mol. The number of carbonyl (C=O) groups is 1. The van der Waals surface area contributed by atoms with Crippen molar-refractivity contribution < 1.29 is 20.1 Å². The van der Waals surface area contributed by atoms with Crippen LogP contribution in [-0.4, -0.2) is 46.1 Å². The number of hydrogen-bond acceptors (Lipinski definition) is 4. The van der Waals surface area contributed by atoms with E-state index in [-0.39, 0.29) is 12.5 Å². The third kappa shape index (κ3) is 35.5. The molecule has 0 radical (unpaired) electrons. The summed E-state index contributed by atoms with van der Waals surface area (Å²) in [6, 6.07) is -0.801. The summed E-state index contributed by atoms with van der Waals surface area (Å²) in [6.07, 6.45) is 45.1. The van der Waals surface area contributed by atoms with Gasteiger partial charge in [0.05, 0.1) is 18.8 Å². The molecule has 294 valence electrons. The van der Waals surface area contributed by atoms with Crippen LogP contribution in [0.15, 0.2) is 0 Å². The molecule has 49 heavy (non-hydrogen) atoms. The second kappa shape index (κ2) is 40.1. The van der Waals surface area contributed by atoms with Gasteiger partial charge < -0.3 is 20.6 Å². The van der Waals surface area contributed by atoms with Crippen LogP contribution in [0.5, 0.6) is 0 Å². The molecule has 0 bridgehead atoms. The lowest BCUT2D eigenvalue weighted by atomic mass is 9.99. The standard InChI is InChI=1S/C44H89NO4/c1-3-5-7-9-11-13-15-16-17-18-19-20-21-22-23-24-25-26-27-28-29-31-33-35-37-39-43(48)45-41(40-46)44(49)42(47)38-36-34-32-30-14-12-10-8-6-4-2/h41-42,44,46-47,49H,3-40H2,1-2H3,(H,45,48)/t41-,42+,44-/m0/s1. The van der Waals surface area contributed by atoms with Crippen LogP contribution in [0.1, 0.15) is 251 Å². The van der Waals surface area contributed by atoms with Crippen LogP contribution in [0.2, 0.25) is 0 Å². The largest absolute Gasteiger partial charge is 0.394 e. The Labute approximate surface area is 307 Å². The van der Waals surface area contributed by atoms with Crippen molar-refractivity contribution in [1.82, 2.24) is 5.32 Å². The highest BCUT2D eigenvalue weighted by Gasteiger charge is 2.26. The van der Waals surface area contributed by atoms with Crippen molar-refractivity contribution in [3.05, 3.63) is 0 Å². The van der Waals surface area contributed by atoms with Gasteiger partial charge in [0.25, 0.3) is 0 Å². The zero-order valence-electron chi connectivity index (χ0n) is 33.4. The predicted molar refractivity (Wildman–Crippen MR) is 213 cm³/mol. The van der Waals surface area contributed by atoms with E-state index in [1.807, 2.05) is 0 Å². The van der Waals surface area contributed by atoms with Crippen LogP contribution in [0.25, 0.3) is 0 Å². The molecule has 5 nitrogen and oxygen atoms in total. The van der Waals surface area contributed by atoms with Crippen molar-refractivity contribution in [3.63, 3.8) is 0 Å². The maximum Gasteiger partial charge on any atom is 0.220 e. The van der Waals surface area contributed by atoms with Crippen LogP contribution < -0.4 is 5.32 Å². The van der Waals surface area contributed by atoms with Gasteiger partial charge in [-0.15, -0.1) is 0 Å². The van der Waals surface area contributed by atoms with E-state index in [9.17, 15) is 20.1 Å². The van der Waals surface area contributed by atoms with Crippen molar-refractivity contribution in [2.24, 2.45) is 0 Å². The molecule has 4 N–H and O–H groups in total. The van der Waals surface area contributed by atoms with Crippen molar-refractivity contribution in [2.45, 2.75) is 270 Å². The number of aliphatic hydroxyl groups is 3. The average molecular weight is 696 g/mol. The van der Waals surface area contributed by atoms with E-state index in [4.69, 9.17) is 0 Å². The number of rotatable bonds is 41. The second-order valence-electron chi connectivity index (χ2n) is 15.6. The predicted octanol–water partition coefficient (Wildman–Crippen LogP) is 12.7. The summed E-state index contributed by atoms with van der Waals surface area (Å²) in [7, 11) is 0. The minimum Gasteiger partial charge on any atom is -0.394 e. The molecule has 0 aliphatic rings. The van der Waals surface area contributed by atoms with Gasteiger partial charge in [0.15, 0.2) is 0 Å². The number of amides is 1. The third-order valence-electron chi connectivity index (χ3n) is 10.7. The molecule has 0 aromatic heterocycles. The Balaban J connectivity index is 3.49. The highest BCUT2D eigenvalue weighted by molar-refractivity contribution is 5.76. The zero-order chi connectivity index (χ0) is 35.9. The van der Waals surface area contributed by atoms with E-state index < -0.39 is 18.2 Å². The lowest BCUT2D eigenvalue weighted by Gasteiger charge is -2.26. The van der Waals surface area contributed by atoms with Gasteiger partial charge in [-0.2, -0.15) is 0 Å². The summed E-state index contributed by atoms with van der Waals surface area (Å²) in [4.78, 5) is 12.4. The van der Waals surface area contributed by atoms with Gasteiger partial charge in [0.2, 0.25) is 5.91 Å². The van der Waals surface area contributed by atoms with Gasteiger partial charge >= 0.3 is 0 Å². The molecule has 0 aliphatic carbocycles. The lowest BCUT2D eigenvalue weighted by molar-refractivity contribution is -0.124. The van der Waals surface area contributed by atoms with E-state index in [1.165, 1.54) is 186 Å². The summed E-state index contributed by atoms with van der Waals surface area (Å²) in [5, 5.41) is 33.4. The average Bonchev–Trinajstić information content (AvgIpc) is 3.10. The van der Waals surface area contributed by atoms with Gasteiger partial charge in [-0.1, -0.05) is 232 Å². The summed E-state index contributed by atoms with van der Waals surface area (Å²) in [5.41, 5.74) is 0. The van der Waals surface area contributed by atoms with Crippen LogP contribution in [0.3, 0.4) is 0 Å².